The van der Waals surface area contributed by atoms with Crippen LogP contribution in [0.3, 0.4) is 0 Å². The third kappa shape index (κ3) is 4.43. The zero-order valence-electron chi connectivity index (χ0n) is 18.0. The summed E-state index contributed by atoms with van der Waals surface area (Å²) < 4.78 is 32.8. The summed E-state index contributed by atoms with van der Waals surface area (Å²) in [6.45, 7) is 0.101. The summed E-state index contributed by atoms with van der Waals surface area (Å²) in [5.74, 6) is -0.512. The number of nitrogens with one attached hydrogen (secondary N) is 2. The molecule has 1 fully saturated rings. The minimum Gasteiger partial charge on any atom is -0.473 e. The van der Waals surface area contributed by atoms with Gasteiger partial charge in [-0.15, -0.1) is 5.10 Å². The van der Waals surface area contributed by atoms with Crippen molar-refractivity contribution in [2.75, 3.05) is 13.7 Å². The average molecular weight is 492 g/mol. The molecule has 1 aliphatic carbocycles. The molecule has 174 valence electrons. The van der Waals surface area contributed by atoms with Crippen molar-refractivity contribution in [2.24, 2.45) is 7.05 Å². The molecule has 12 heteroatoms. The van der Waals surface area contributed by atoms with Crippen molar-refractivity contribution in [2.45, 2.75) is 24.1 Å². The van der Waals surface area contributed by atoms with Crippen molar-refractivity contribution in [3.05, 3.63) is 63.0 Å². The maximum atomic E-state index is 12.9. The van der Waals surface area contributed by atoms with E-state index in [0.717, 1.165) is 5.56 Å². The number of nitrogens with zero attached hydrogens (tertiary/aromatic N) is 3. The minimum atomic E-state index is -3.53. The Morgan fingerprint density at radius 3 is 2.61 bits per heavy atom. The number of benzene rings is 1. The second-order valence-electron chi connectivity index (χ2n) is 7.86. The van der Waals surface area contributed by atoms with Gasteiger partial charge in [0.25, 0.3) is 17.3 Å². The van der Waals surface area contributed by atoms with Crippen LogP contribution in [0, 0.1) is 0 Å². The highest BCUT2D eigenvalue weighted by Crippen LogP contribution is 2.43. The summed E-state index contributed by atoms with van der Waals surface area (Å²) in [6.07, 6.45) is 2.34. The number of amides is 1. The molecule has 2 N–H and O–H groups in total. The topological polar surface area (TPSA) is 132 Å². The number of rotatable bonds is 8. The number of hydrogen-bond acceptors (Lipinski definition) is 7. The third-order valence-electron chi connectivity index (χ3n) is 5.72. The van der Waals surface area contributed by atoms with Gasteiger partial charge in [-0.05, 0) is 43.7 Å². The van der Waals surface area contributed by atoms with Crippen LogP contribution < -0.4 is 20.3 Å². The molecule has 1 aliphatic rings. The van der Waals surface area contributed by atoms with E-state index in [4.69, 9.17) is 16.3 Å². The second kappa shape index (κ2) is 8.73. The lowest BCUT2D eigenvalue weighted by molar-refractivity contribution is 0.0949. The van der Waals surface area contributed by atoms with E-state index < -0.39 is 26.2 Å². The molecule has 4 rings (SSSR count). The van der Waals surface area contributed by atoms with Crippen molar-refractivity contribution in [3.8, 4) is 5.88 Å². The minimum absolute atomic E-state index is 0.0257. The number of ether oxygens (including phenoxy) is 1. The van der Waals surface area contributed by atoms with E-state index in [9.17, 15) is 18.0 Å². The first kappa shape index (κ1) is 23.1. The van der Waals surface area contributed by atoms with Gasteiger partial charge in [-0.1, -0.05) is 23.7 Å². The molecule has 0 spiro atoms. The standard InChI is InChI=1S/C21H22ClN5O5S/c1-23-33(30,31)21(7-8-21)12-32-19-17-14(11-25-26-19)9-16(20(29)27(17)2)18(28)24-10-13-3-5-15(22)6-4-13/h3-6,9,11,23H,7-8,10,12H2,1-2H3,(H,24,28). The smallest absolute Gasteiger partial charge is 0.263 e. The number of hydrogen-bond donors (Lipinski definition) is 2. The number of carbonyl (C=O) groups is 1. The molecule has 0 radical (unpaired) electrons. The first-order chi connectivity index (χ1) is 15.7. The largest absolute Gasteiger partial charge is 0.473 e. The fourth-order valence-electron chi connectivity index (χ4n) is 3.50. The molecule has 3 aromatic rings. The van der Waals surface area contributed by atoms with Gasteiger partial charge in [0.2, 0.25) is 10.0 Å². The number of halogens is 1. The van der Waals surface area contributed by atoms with Gasteiger partial charge >= 0.3 is 0 Å². The highest BCUT2D eigenvalue weighted by molar-refractivity contribution is 7.91. The van der Waals surface area contributed by atoms with Gasteiger partial charge in [0.15, 0.2) is 0 Å². The fourth-order valence-corrected chi connectivity index (χ4v) is 4.92. The average Bonchev–Trinajstić information content (AvgIpc) is 3.61. The third-order valence-corrected chi connectivity index (χ3v) is 8.18. The van der Waals surface area contributed by atoms with Crippen molar-refractivity contribution in [1.82, 2.24) is 24.8 Å². The van der Waals surface area contributed by atoms with Crippen LogP contribution in [0.15, 0.2) is 41.3 Å². The number of pyridine rings is 1. The summed E-state index contributed by atoms with van der Waals surface area (Å²) in [6, 6.07) is 8.41. The van der Waals surface area contributed by atoms with Gasteiger partial charge < -0.3 is 14.6 Å². The molecule has 10 nitrogen and oxygen atoms in total. The summed E-state index contributed by atoms with van der Waals surface area (Å²) in [5, 5.41) is 11.6. The predicted molar refractivity (Wildman–Crippen MR) is 123 cm³/mol. The Morgan fingerprint density at radius 2 is 1.97 bits per heavy atom. The summed E-state index contributed by atoms with van der Waals surface area (Å²) in [7, 11) is -0.680. The molecule has 33 heavy (non-hydrogen) atoms. The Hall–Kier alpha value is -3.02. The fraction of sp³-hybridized carbons (Fsp3) is 0.333. The highest BCUT2D eigenvalue weighted by Gasteiger charge is 2.55. The maximum absolute atomic E-state index is 12.9. The molecule has 0 atom stereocenters. The van der Waals surface area contributed by atoms with Gasteiger partial charge in [-0.2, -0.15) is 5.10 Å². The second-order valence-corrected chi connectivity index (χ2v) is 10.6. The molecular weight excluding hydrogens is 470 g/mol. The molecule has 0 saturated heterocycles. The quantitative estimate of drug-likeness (QED) is 0.486. The normalized spacial score (nSPS) is 14.8. The molecule has 1 aromatic carbocycles. The Labute approximate surface area is 195 Å². The molecule has 1 saturated carbocycles. The molecule has 0 aliphatic heterocycles. The van der Waals surface area contributed by atoms with E-state index in [2.05, 4.69) is 20.2 Å². The number of aromatic nitrogens is 3. The van der Waals surface area contributed by atoms with Crippen LogP contribution in [0.5, 0.6) is 5.88 Å². The van der Waals surface area contributed by atoms with E-state index >= 15 is 0 Å². The Kier molecular flexibility index (Phi) is 6.12. The van der Waals surface area contributed by atoms with Crippen LogP contribution >= 0.6 is 11.6 Å². The SMILES string of the molecule is CNS(=O)(=O)C1(COc2nncc3cc(C(=O)NCc4ccc(Cl)cc4)c(=O)n(C)c23)CC1. The first-order valence-corrected chi connectivity index (χ1v) is 12.0. The van der Waals surface area contributed by atoms with Gasteiger partial charge in [-0.3, -0.25) is 9.59 Å². The summed E-state index contributed by atoms with van der Waals surface area (Å²) in [4.78, 5) is 25.6. The molecule has 0 unspecified atom stereocenters. The maximum Gasteiger partial charge on any atom is 0.263 e. The number of sulfonamides is 1. The van der Waals surface area contributed by atoms with Crippen LogP contribution in [0.4, 0.5) is 0 Å². The Balaban J connectivity index is 1.59. The van der Waals surface area contributed by atoms with Crippen molar-refractivity contribution in [1.29, 1.82) is 0 Å². The van der Waals surface area contributed by atoms with E-state index in [0.29, 0.717) is 28.8 Å². The highest BCUT2D eigenvalue weighted by atomic mass is 35.5. The van der Waals surface area contributed by atoms with Crippen LogP contribution in [0.1, 0.15) is 28.8 Å². The van der Waals surface area contributed by atoms with E-state index in [1.807, 2.05) is 0 Å². The van der Waals surface area contributed by atoms with Gasteiger partial charge in [-0.25, -0.2) is 13.1 Å². The monoisotopic (exact) mass is 491 g/mol. The van der Waals surface area contributed by atoms with E-state index in [-0.39, 0.29) is 24.6 Å². The van der Waals surface area contributed by atoms with Crippen LogP contribution in [-0.2, 0) is 23.6 Å². The first-order valence-electron chi connectivity index (χ1n) is 10.1. The number of aryl methyl sites for hydroxylation is 1. The summed E-state index contributed by atoms with van der Waals surface area (Å²) >= 11 is 5.87. The lowest BCUT2D eigenvalue weighted by atomic mass is 10.1. The van der Waals surface area contributed by atoms with Gasteiger partial charge in [0.1, 0.15) is 22.4 Å². The zero-order valence-corrected chi connectivity index (χ0v) is 19.5. The molecule has 2 aromatic heterocycles. The zero-order chi connectivity index (χ0) is 23.8. The van der Waals surface area contributed by atoms with Crippen LogP contribution in [-0.4, -0.2) is 47.5 Å². The van der Waals surface area contributed by atoms with Crippen molar-refractivity contribution < 1.29 is 17.9 Å². The number of fused-ring (bicyclic) bond motifs is 1. The Bertz CT molecular complexity index is 1380. The predicted octanol–water partition coefficient (Wildman–Crippen LogP) is 1.37. The van der Waals surface area contributed by atoms with Gasteiger partial charge in [0.05, 0.1) is 6.20 Å². The lowest BCUT2D eigenvalue weighted by Gasteiger charge is -2.17. The van der Waals surface area contributed by atoms with Crippen molar-refractivity contribution >= 4 is 38.4 Å². The Morgan fingerprint density at radius 1 is 1.27 bits per heavy atom. The summed E-state index contributed by atoms with van der Waals surface area (Å²) in [5.41, 5.74) is 0.548. The van der Waals surface area contributed by atoms with E-state index in [1.165, 1.54) is 30.9 Å². The van der Waals surface area contributed by atoms with Gasteiger partial charge in [0, 0.05) is 24.0 Å². The molecular formula is C21H22ClN5O5S. The van der Waals surface area contributed by atoms with E-state index in [1.54, 1.807) is 24.3 Å². The molecule has 0 bridgehead atoms. The lowest BCUT2D eigenvalue weighted by Crippen LogP contribution is -2.38. The molecule has 1 amide bonds. The van der Waals surface area contributed by atoms with Crippen LogP contribution in [0.25, 0.3) is 10.9 Å². The number of carbonyl (C=O) groups excluding carboxylic acids is 1. The van der Waals surface area contributed by atoms with Crippen LogP contribution in [0.2, 0.25) is 5.02 Å². The molecule has 2 heterocycles. The van der Waals surface area contributed by atoms with Crippen molar-refractivity contribution in [3.63, 3.8) is 0 Å².